The summed E-state index contributed by atoms with van der Waals surface area (Å²) in [6.07, 6.45) is 5.29. The van der Waals surface area contributed by atoms with Crippen LogP contribution in [0, 0.1) is 0 Å². The second-order valence-electron chi connectivity index (χ2n) is 7.76. The molecule has 0 saturated carbocycles. The lowest BCUT2D eigenvalue weighted by atomic mass is 9.97. The molecule has 1 aliphatic rings. The van der Waals surface area contributed by atoms with Crippen molar-refractivity contribution in [3.05, 3.63) is 28.7 Å². The van der Waals surface area contributed by atoms with Crippen molar-refractivity contribution in [1.29, 1.82) is 0 Å². The predicted molar refractivity (Wildman–Crippen MR) is 95.1 cm³/mol. The summed E-state index contributed by atoms with van der Waals surface area (Å²) in [6, 6.07) is 0. The molecule has 0 atom stereocenters. The van der Waals surface area contributed by atoms with E-state index in [1.165, 1.54) is 0 Å². The summed E-state index contributed by atoms with van der Waals surface area (Å²) in [4.78, 5) is 4.30. The number of fused-ring (bicyclic) bond motifs is 1. The second-order valence-corrected chi connectivity index (χ2v) is 9.57. The molecule has 0 radical (unpaired) electrons. The quantitative estimate of drug-likeness (QED) is 0.763. The maximum Gasteiger partial charge on any atom is 0.232 e. The predicted octanol–water partition coefficient (Wildman–Crippen LogP) is 2.29. The molecule has 144 valence electrons. The molecule has 9 heteroatoms. The molecule has 0 spiro atoms. The van der Waals surface area contributed by atoms with Crippen LogP contribution >= 0.6 is 0 Å². The fraction of sp³-hybridized carbons (Fsp3) is 0.706. The maximum atomic E-state index is 12.4. The van der Waals surface area contributed by atoms with E-state index in [0.29, 0.717) is 23.8 Å². The molecule has 0 saturated heterocycles. The highest BCUT2D eigenvalue weighted by Gasteiger charge is 2.24. The summed E-state index contributed by atoms with van der Waals surface area (Å²) < 4.78 is 37.9. The summed E-state index contributed by atoms with van der Waals surface area (Å²) in [5.74, 6) is 1.72. The van der Waals surface area contributed by atoms with E-state index < -0.39 is 10.0 Å². The van der Waals surface area contributed by atoms with Crippen molar-refractivity contribution in [1.82, 2.24) is 20.0 Å². The molecule has 0 fully saturated rings. The summed E-state index contributed by atoms with van der Waals surface area (Å²) >= 11 is 0. The molecule has 2 aromatic heterocycles. The van der Waals surface area contributed by atoms with Crippen molar-refractivity contribution >= 4 is 10.0 Å². The van der Waals surface area contributed by atoms with Gasteiger partial charge in [0.25, 0.3) is 0 Å². The summed E-state index contributed by atoms with van der Waals surface area (Å²) in [5.41, 5.74) is 1.28. The number of rotatable bonds is 6. The van der Waals surface area contributed by atoms with Crippen LogP contribution in [0.5, 0.6) is 0 Å². The first-order chi connectivity index (χ1) is 12.2. The highest BCUT2D eigenvalue weighted by molar-refractivity contribution is 7.88. The Morgan fingerprint density at radius 1 is 1.08 bits per heavy atom. The molecule has 0 aliphatic heterocycles. The molecule has 0 unspecified atom stereocenters. The van der Waals surface area contributed by atoms with Gasteiger partial charge in [0.15, 0.2) is 5.82 Å². The van der Waals surface area contributed by atoms with Gasteiger partial charge in [0, 0.05) is 30.4 Å². The standard InChI is InChI=1S/C17H26N4O4S/c1-17(2,3)16-19-15(21-25-16)9-10-18-26(22,23)11-13-12-7-5-4-6-8-14(12)24-20-13/h18H,4-11H2,1-3H3. The van der Waals surface area contributed by atoms with Crippen molar-refractivity contribution in [3.63, 3.8) is 0 Å². The van der Waals surface area contributed by atoms with Crippen LogP contribution in [0.25, 0.3) is 0 Å². The van der Waals surface area contributed by atoms with Gasteiger partial charge in [0.2, 0.25) is 15.9 Å². The van der Waals surface area contributed by atoms with E-state index in [9.17, 15) is 8.42 Å². The van der Waals surface area contributed by atoms with Gasteiger partial charge in [-0.15, -0.1) is 0 Å². The lowest BCUT2D eigenvalue weighted by molar-refractivity contribution is 0.318. The molecule has 1 aliphatic carbocycles. The molecule has 26 heavy (non-hydrogen) atoms. The van der Waals surface area contributed by atoms with Crippen LogP contribution in [-0.4, -0.2) is 30.3 Å². The maximum absolute atomic E-state index is 12.4. The van der Waals surface area contributed by atoms with Crippen molar-refractivity contribution < 1.29 is 17.5 Å². The van der Waals surface area contributed by atoms with Crippen molar-refractivity contribution in [2.45, 2.75) is 70.5 Å². The number of aryl methyl sites for hydroxylation is 1. The van der Waals surface area contributed by atoms with Gasteiger partial charge >= 0.3 is 0 Å². The largest absolute Gasteiger partial charge is 0.361 e. The number of hydrogen-bond donors (Lipinski definition) is 1. The number of aromatic nitrogens is 3. The smallest absolute Gasteiger partial charge is 0.232 e. The normalized spacial score (nSPS) is 15.7. The van der Waals surface area contributed by atoms with Gasteiger partial charge in [0.05, 0.1) is 0 Å². The summed E-state index contributed by atoms with van der Waals surface area (Å²) in [5, 5.41) is 7.89. The Labute approximate surface area is 153 Å². The Hall–Kier alpha value is -1.74. The van der Waals surface area contributed by atoms with Crippen molar-refractivity contribution in [3.8, 4) is 0 Å². The average molecular weight is 382 g/mol. The van der Waals surface area contributed by atoms with E-state index in [-0.39, 0.29) is 17.7 Å². The van der Waals surface area contributed by atoms with Crippen LogP contribution in [-0.2, 0) is 40.5 Å². The first-order valence-electron chi connectivity index (χ1n) is 9.01. The SMILES string of the molecule is CC(C)(C)c1nc(CCNS(=O)(=O)Cc2noc3c2CCCCC3)no1. The lowest BCUT2D eigenvalue weighted by Gasteiger charge is -2.10. The molecule has 0 aromatic carbocycles. The lowest BCUT2D eigenvalue weighted by Crippen LogP contribution is -2.28. The fourth-order valence-corrected chi connectivity index (χ4v) is 4.05. The molecule has 0 bridgehead atoms. The molecule has 1 N–H and O–H groups in total. The van der Waals surface area contributed by atoms with Crippen LogP contribution in [0.3, 0.4) is 0 Å². The van der Waals surface area contributed by atoms with Crippen molar-refractivity contribution in [2.75, 3.05) is 6.54 Å². The van der Waals surface area contributed by atoms with E-state index in [2.05, 4.69) is 20.0 Å². The Kier molecular flexibility index (Phi) is 5.47. The highest BCUT2D eigenvalue weighted by atomic mass is 32.2. The summed E-state index contributed by atoms with van der Waals surface area (Å²) in [6.45, 7) is 6.15. The number of hydrogen-bond acceptors (Lipinski definition) is 7. The van der Waals surface area contributed by atoms with Gasteiger partial charge in [0.1, 0.15) is 17.2 Å². The Balaban J connectivity index is 1.56. The van der Waals surface area contributed by atoms with Crippen LogP contribution in [0.1, 0.15) is 68.8 Å². The number of nitrogens with zero attached hydrogens (tertiary/aromatic N) is 3. The topological polar surface area (TPSA) is 111 Å². The Bertz CT molecular complexity index is 848. The Morgan fingerprint density at radius 3 is 2.58 bits per heavy atom. The third-order valence-electron chi connectivity index (χ3n) is 4.39. The van der Waals surface area contributed by atoms with Gasteiger partial charge in [-0.2, -0.15) is 4.98 Å². The molecule has 0 amide bonds. The minimum atomic E-state index is -3.50. The minimum absolute atomic E-state index is 0.161. The summed E-state index contributed by atoms with van der Waals surface area (Å²) in [7, 11) is -3.50. The van der Waals surface area contributed by atoms with E-state index in [4.69, 9.17) is 9.05 Å². The molecule has 8 nitrogen and oxygen atoms in total. The zero-order valence-corrected chi connectivity index (χ0v) is 16.4. The molecular formula is C17H26N4O4S. The van der Waals surface area contributed by atoms with E-state index in [1.807, 2.05) is 20.8 Å². The van der Waals surface area contributed by atoms with Gasteiger partial charge in [-0.05, 0) is 19.3 Å². The molecule has 3 rings (SSSR count). The fourth-order valence-electron chi connectivity index (χ4n) is 2.95. The molecule has 2 heterocycles. The number of sulfonamides is 1. The monoisotopic (exact) mass is 382 g/mol. The van der Waals surface area contributed by atoms with Crippen LogP contribution in [0.15, 0.2) is 9.05 Å². The first-order valence-corrected chi connectivity index (χ1v) is 10.7. The Morgan fingerprint density at radius 2 is 1.85 bits per heavy atom. The van der Waals surface area contributed by atoms with E-state index in [1.54, 1.807) is 0 Å². The van der Waals surface area contributed by atoms with Gasteiger partial charge in [-0.1, -0.05) is 37.5 Å². The first kappa shape index (κ1) is 19.0. The molecule has 2 aromatic rings. The van der Waals surface area contributed by atoms with Crippen LogP contribution in [0.2, 0.25) is 0 Å². The number of nitrogens with one attached hydrogen (secondary N) is 1. The zero-order valence-electron chi connectivity index (χ0n) is 15.5. The van der Waals surface area contributed by atoms with Crippen LogP contribution in [0.4, 0.5) is 0 Å². The van der Waals surface area contributed by atoms with Gasteiger partial charge in [-0.25, -0.2) is 13.1 Å². The highest BCUT2D eigenvalue weighted by Crippen LogP contribution is 2.24. The average Bonchev–Trinajstić information content (AvgIpc) is 3.08. The third-order valence-corrected chi connectivity index (χ3v) is 5.69. The minimum Gasteiger partial charge on any atom is -0.361 e. The van der Waals surface area contributed by atoms with Gasteiger partial charge < -0.3 is 9.05 Å². The van der Waals surface area contributed by atoms with Crippen LogP contribution < -0.4 is 4.72 Å². The van der Waals surface area contributed by atoms with Crippen molar-refractivity contribution in [2.24, 2.45) is 0 Å². The van der Waals surface area contributed by atoms with E-state index >= 15 is 0 Å². The zero-order chi connectivity index (χ0) is 18.8. The third kappa shape index (κ3) is 4.70. The molecular weight excluding hydrogens is 356 g/mol. The second kappa shape index (κ2) is 7.48. The van der Waals surface area contributed by atoms with Gasteiger partial charge in [-0.3, -0.25) is 0 Å². The van der Waals surface area contributed by atoms with E-state index in [0.717, 1.165) is 43.4 Å².